The van der Waals surface area contributed by atoms with Gasteiger partial charge in [0.25, 0.3) is 0 Å². The van der Waals surface area contributed by atoms with Gasteiger partial charge in [0.05, 0.1) is 24.2 Å². The highest BCUT2D eigenvalue weighted by Crippen LogP contribution is 2.11. The van der Waals surface area contributed by atoms with Gasteiger partial charge in [0.15, 0.2) is 0 Å². The summed E-state index contributed by atoms with van der Waals surface area (Å²) < 4.78 is 0. The molecule has 5 unspecified atom stereocenters. The number of hydrazone groups is 2. The van der Waals surface area contributed by atoms with Crippen LogP contribution in [0, 0.1) is 0 Å². The predicted octanol–water partition coefficient (Wildman–Crippen LogP) is -0.651. The Kier molecular flexibility index (Phi) is 9.35. The zero-order chi connectivity index (χ0) is 21.9. The molecule has 0 saturated carbocycles. The fraction of sp³-hybridized carbons (Fsp3) is 0.300. The van der Waals surface area contributed by atoms with Gasteiger partial charge in [-0.25, -0.2) is 0 Å². The van der Waals surface area contributed by atoms with Gasteiger partial charge in [-0.1, -0.05) is 36.4 Å². The number of hydrogen-bond acceptors (Lipinski definition) is 10. The molecule has 2 rings (SSSR count). The van der Waals surface area contributed by atoms with Crippen molar-refractivity contribution in [2.75, 3.05) is 17.5 Å². The summed E-state index contributed by atoms with van der Waals surface area (Å²) in [5, 5.41) is 66.9. The van der Waals surface area contributed by atoms with Gasteiger partial charge < -0.3 is 30.6 Å². The summed E-state index contributed by atoms with van der Waals surface area (Å²) in [5.41, 5.74) is 6.52. The number of nitrogens with one attached hydrogen (secondary N) is 2. The summed E-state index contributed by atoms with van der Waals surface area (Å²) in [7, 11) is 0. The average molecular weight is 418 g/mol. The Bertz CT molecular complexity index is 805. The van der Waals surface area contributed by atoms with Crippen molar-refractivity contribution in [2.24, 2.45) is 10.2 Å². The van der Waals surface area contributed by atoms with Gasteiger partial charge in [-0.15, -0.1) is 0 Å². The van der Waals surface area contributed by atoms with Crippen LogP contribution in [0.1, 0.15) is 0 Å². The summed E-state index contributed by atoms with van der Waals surface area (Å²) in [5.74, 6) is 0. The second kappa shape index (κ2) is 12.0. The van der Waals surface area contributed by atoms with E-state index in [1.54, 1.807) is 48.5 Å². The van der Waals surface area contributed by atoms with Crippen LogP contribution in [0.4, 0.5) is 11.4 Å². The third-order valence-electron chi connectivity index (χ3n) is 4.16. The van der Waals surface area contributed by atoms with Crippen LogP contribution in [-0.2, 0) is 0 Å². The quantitative estimate of drug-likeness (QED) is 0.176. The van der Waals surface area contributed by atoms with Gasteiger partial charge in [0.1, 0.15) is 36.2 Å². The van der Waals surface area contributed by atoms with Gasteiger partial charge in [-0.2, -0.15) is 10.2 Å². The summed E-state index contributed by atoms with van der Waals surface area (Å²) >= 11 is 0. The van der Waals surface area contributed by atoms with Crippen LogP contribution in [-0.4, -0.2) is 79.7 Å². The second-order valence-corrected chi connectivity index (χ2v) is 6.42. The first-order valence-electron chi connectivity index (χ1n) is 9.18. The van der Waals surface area contributed by atoms with Gasteiger partial charge >= 0.3 is 0 Å². The molecule has 0 radical (unpaired) electrons. The molecule has 0 amide bonds. The van der Waals surface area contributed by atoms with Crippen molar-refractivity contribution in [3.8, 4) is 0 Å². The fourth-order valence-electron chi connectivity index (χ4n) is 2.40. The van der Waals surface area contributed by atoms with E-state index in [1.807, 2.05) is 12.1 Å². The molecule has 0 saturated heterocycles. The SMILES string of the molecule is OCC(O)C(O)C(O)C(O)C(O)C(C=NNc1ccccc1)=NNc1ccccc1. The molecular formula is C20H26N4O6. The van der Waals surface area contributed by atoms with Gasteiger partial charge in [-0.3, -0.25) is 10.9 Å². The molecule has 0 heterocycles. The molecule has 10 heteroatoms. The van der Waals surface area contributed by atoms with Crippen molar-refractivity contribution in [3.05, 3.63) is 60.7 Å². The molecule has 2 aromatic rings. The molecule has 0 aliphatic heterocycles. The maximum Gasteiger partial charge on any atom is 0.128 e. The fourth-order valence-corrected chi connectivity index (χ4v) is 2.40. The lowest BCUT2D eigenvalue weighted by atomic mass is 9.97. The first-order chi connectivity index (χ1) is 14.4. The molecule has 2 aromatic carbocycles. The Morgan fingerprint density at radius 2 is 1.30 bits per heavy atom. The highest BCUT2D eigenvalue weighted by atomic mass is 16.4. The maximum atomic E-state index is 10.5. The highest BCUT2D eigenvalue weighted by Gasteiger charge is 2.35. The first kappa shape index (κ1) is 23.4. The molecule has 10 nitrogen and oxygen atoms in total. The monoisotopic (exact) mass is 418 g/mol. The number of nitrogens with zero attached hydrogens (tertiary/aromatic N) is 2. The minimum atomic E-state index is -1.96. The van der Waals surface area contributed by atoms with Crippen LogP contribution in [0.15, 0.2) is 70.9 Å². The minimum Gasteiger partial charge on any atom is -0.394 e. The van der Waals surface area contributed by atoms with Crippen LogP contribution in [0.5, 0.6) is 0 Å². The van der Waals surface area contributed by atoms with E-state index in [4.69, 9.17) is 5.11 Å². The Balaban J connectivity index is 2.18. The molecule has 0 spiro atoms. The van der Waals surface area contributed by atoms with Crippen molar-refractivity contribution in [3.63, 3.8) is 0 Å². The smallest absolute Gasteiger partial charge is 0.128 e. The average Bonchev–Trinajstić information content (AvgIpc) is 2.80. The summed E-state index contributed by atoms with van der Waals surface area (Å²) in [6.07, 6.45) is -8.11. The minimum absolute atomic E-state index is 0.167. The van der Waals surface area contributed by atoms with Crippen LogP contribution in [0.3, 0.4) is 0 Å². The van der Waals surface area contributed by atoms with Crippen LogP contribution in [0.25, 0.3) is 0 Å². The third kappa shape index (κ3) is 6.88. The molecule has 8 N–H and O–H groups in total. The number of anilines is 2. The standard InChI is InChI=1S/C20H26N4O6/c25-12-16(26)18(28)20(30)19(29)17(27)15(24-23-14-9-5-2-6-10-14)11-21-22-13-7-3-1-4-8-13/h1-11,16-20,22-23,25-30H,12H2. The van der Waals surface area contributed by atoms with Crippen molar-refractivity contribution in [1.82, 2.24) is 0 Å². The lowest BCUT2D eigenvalue weighted by Gasteiger charge is -2.28. The Morgan fingerprint density at radius 3 is 1.83 bits per heavy atom. The van der Waals surface area contributed by atoms with E-state index in [0.29, 0.717) is 11.4 Å². The normalized spacial score (nSPS) is 17.2. The molecule has 5 atom stereocenters. The number of aliphatic hydroxyl groups excluding tert-OH is 6. The molecule has 0 aliphatic carbocycles. The van der Waals surface area contributed by atoms with E-state index in [0.717, 1.165) is 6.21 Å². The lowest BCUT2D eigenvalue weighted by Crippen LogP contribution is -2.52. The van der Waals surface area contributed by atoms with Crippen molar-refractivity contribution in [2.45, 2.75) is 30.5 Å². The lowest BCUT2D eigenvalue weighted by molar-refractivity contribution is -0.130. The molecule has 0 aromatic heterocycles. The number of para-hydroxylation sites is 2. The van der Waals surface area contributed by atoms with Crippen LogP contribution < -0.4 is 10.9 Å². The maximum absolute atomic E-state index is 10.5. The van der Waals surface area contributed by atoms with E-state index in [9.17, 15) is 25.5 Å². The molecule has 0 aliphatic rings. The number of benzene rings is 2. The molecule has 162 valence electrons. The predicted molar refractivity (Wildman–Crippen MR) is 113 cm³/mol. The Labute approximate surface area is 173 Å². The number of aliphatic hydroxyl groups is 6. The van der Waals surface area contributed by atoms with Crippen molar-refractivity contribution >= 4 is 23.3 Å². The largest absolute Gasteiger partial charge is 0.394 e. The molecule has 0 fully saturated rings. The van der Waals surface area contributed by atoms with Gasteiger partial charge in [0.2, 0.25) is 0 Å². The first-order valence-corrected chi connectivity index (χ1v) is 9.18. The Morgan fingerprint density at radius 1 is 0.767 bits per heavy atom. The van der Waals surface area contributed by atoms with Crippen LogP contribution >= 0.6 is 0 Å². The van der Waals surface area contributed by atoms with Crippen molar-refractivity contribution < 1.29 is 30.6 Å². The zero-order valence-corrected chi connectivity index (χ0v) is 16.0. The van der Waals surface area contributed by atoms with Gasteiger partial charge in [-0.05, 0) is 24.3 Å². The summed E-state index contributed by atoms with van der Waals surface area (Å²) in [6.45, 7) is -0.833. The highest BCUT2D eigenvalue weighted by molar-refractivity contribution is 6.33. The van der Waals surface area contributed by atoms with Gasteiger partial charge in [0, 0.05) is 0 Å². The van der Waals surface area contributed by atoms with E-state index in [-0.39, 0.29) is 5.71 Å². The molecular weight excluding hydrogens is 392 g/mol. The van der Waals surface area contributed by atoms with Crippen LogP contribution in [0.2, 0.25) is 0 Å². The third-order valence-corrected chi connectivity index (χ3v) is 4.16. The number of hydrogen-bond donors (Lipinski definition) is 8. The summed E-state index contributed by atoms with van der Waals surface area (Å²) in [4.78, 5) is 0. The molecule has 0 bridgehead atoms. The summed E-state index contributed by atoms with van der Waals surface area (Å²) in [6, 6.07) is 17.7. The topological polar surface area (TPSA) is 170 Å². The van der Waals surface area contributed by atoms with E-state index < -0.39 is 37.1 Å². The zero-order valence-electron chi connectivity index (χ0n) is 16.0. The second-order valence-electron chi connectivity index (χ2n) is 6.42. The Hall–Kier alpha value is -2.86. The van der Waals surface area contributed by atoms with Crippen molar-refractivity contribution in [1.29, 1.82) is 0 Å². The molecule has 30 heavy (non-hydrogen) atoms. The number of rotatable bonds is 11. The van der Waals surface area contributed by atoms with E-state index >= 15 is 0 Å². The van der Waals surface area contributed by atoms with E-state index in [1.165, 1.54) is 0 Å². The van der Waals surface area contributed by atoms with E-state index in [2.05, 4.69) is 21.1 Å².